The fourth-order valence-corrected chi connectivity index (χ4v) is 5.39. The molecule has 0 radical (unpaired) electrons. The van der Waals surface area contributed by atoms with Gasteiger partial charge in [0, 0.05) is 12.1 Å². The van der Waals surface area contributed by atoms with Gasteiger partial charge in [-0.05, 0) is 62.6 Å². The number of rotatable bonds is 8. The Balaban J connectivity index is 1.38. The van der Waals surface area contributed by atoms with Crippen molar-refractivity contribution in [2.75, 3.05) is 6.54 Å². The summed E-state index contributed by atoms with van der Waals surface area (Å²) in [6.45, 7) is 5.11. The van der Waals surface area contributed by atoms with Gasteiger partial charge in [-0.3, -0.25) is 0 Å². The summed E-state index contributed by atoms with van der Waals surface area (Å²) in [6, 6.07) is 5.82. The van der Waals surface area contributed by atoms with Gasteiger partial charge in [0.05, 0.1) is 26.7 Å². The van der Waals surface area contributed by atoms with Crippen LogP contribution in [0.25, 0.3) is 10.6 Å². The third kappa shape index (κ3) is 6.36. The van der Waals surface area contributed by atoms with E-state index in [0.29, 0.717) is 16.8 Å². The normalized spacial score (nSPS) is 21.0. The zero-order chi connectivity index (χ0) is 21.8. The second-order valence-electron chi connectivity index (χ2n) is 8.93. The second kappa shape index (κ2) is 10.2. The Morgan fingerprint density at radius 2 is 2.13 bits per heavy atom. The summed E-state index contributed by atoms with van der Waals surface area (Å²) in [6.07, 6.45) is 8.20. The number of aromatic nitrogens is 1. The molecule has 0 unspecified atom stereocenters. The Kier molecular flexibility index (Phi) is 7.39. The zero-order valence-corrected chi connectivity index (χ0v) is 19.9. The van der Waals surface area contributed by atoms with Gasteiger partial charge in [0.2, 0.25) is 0 Å². The summed E-state index contributed by atoms with van der Waals surface area (Å²) >= 11 is 7.73. The maximum atomic E-state index is 12.0. The molecular weight excluding hydrogens is 432 g/mol. The molecule has 2 aliphatic rings. The van der Waals surface area contributed by atoms with Crippen molar-refractivity contribution in [2.45, 2.75) is 71.5 Å². The van der Waals surface area contributed by atoms with Crippen LogP contribution in [0.15, 0.2) is 18.2 Å². The standard InChI is InChI=1S/C24H31ClN2O3S/c1-15-4-3-5-19(12-15)30-21-9-8-20(27-16(21)2)23-18(13-22(25)31-23)14-29-24(28)26-11-10-17-6-7-17/h8-9,13,15,17,19H,3-7,10-12,14H2,1-2H3,(H,26,28)/t15-,19-/m0/s1. The van der Waals surface area contributed by atoms with Gasteiger partial charge in [-0.25, -0.2) is 9.78 Å². The van der Waals surface area contributed by atoms with Crippen LogP contribution in [-0.2, 0) is 11.3 Å². The quantitative estimate of drug-likeness (QED) is 0.471. The number of carbonyl (C=O) groups excluding carboxylic acids is 1. The molecule has 2 heterocycles. The number of aryl methyl sites for hydroxylation is 1. The minimum absolute atomic E-state index is 0.173. The lowest BCUT2D eigenvalue weighted by Crippen LogP contribution is -2.25. The number of carbonyl (C=O) groups is 1. The van der Waals surface area contributed by atoms with Crippen molar-refractivity contribution >= 4 is 29.0 Å². The van der Waals surface area contributed by atoms with Crippen LogP contribution in [0.3, 0.4) is 0 Å². The van der Waals surface area contributed by atoms with Crippen LogP contribution >= 0.6 is 22.9 Å². The molecule has 31 heavy (non-hydrogen) atoms. The van der Waals surface area contributed by atoms with Crippen molar-refractivity contribution in [3.05, 3.63) is 33.8 Å². The Bertz CT molecular complexity index is 912. The fraction of sp³-hybridized carbons (Fsp3) is 0.583. The fourth-order valence-electron chi connectivity index (χ4n) is 4.16. The largest absolute Gasteiger partial charge is 0.489 e. The number of halogens is 1. The molecule has 2 saturated carbocycles. The molecular formula is C24H31ClN2O3S. The lowest BCUT2D eigenvalue weighted by Gasteiger charge is -2.27. The molecule has 7 heteroatoms. The molecule has 2 aromatic rings. The highest BCUT2D eigenvalue weighted by Crippen LogP contribution is 2.37. The molecule has 5 nitrogen and oxygen atoms in total. The first-order valence-electron chi connectivity index (χ1n) is 11.3. The molecule has 1 amide bonds. The maximum Gasteiger partial charge on any atom is 0.407 e. The lowest BCUT2D eigenvalue weighted by atomic mass is 9.89. The summed E-state index contributed by atoms with van der Waals surface area (Å²) < 4.78 is 12.3. The zero-order valence-electron chi connectivity index (χ0n) is 18.3. The van der Waals surface area contributed by atoms with Crippen LogP contribution in [0, 0.1) is 18.8 Å². The second-order valence-corrected chi connectivity index (χ2v) is 10.6. The predicted octanol–water partition coefficient (Wildman–Crippen LogP) is 6.76. The highest BCUT2D eigenvalue weighted by Gasteiger charge is 2.22. The van der Waals surface area contributed by atoms with E-state index < -0.39 is 0 Å². The number of thiophene rings is 1. The van der Waals surface area contributed by atoms with E-state index in [9.17, 15) is 4.79 Å². The summed E-state index contributed by atoms with van der Waals surface area (Å²) in [7, 11) is 0. The van der Waals surface area contributed by atoms with Crippen LogP contribution in [0.1, 0.15) is 63.1 Å². The molecule has 0 aliphatic heterocycles. The first-order chi connectivity index (χ1) is 15.0. The first kappa shape index (κ1) is 22.4. The minimum Gasteiger partial charge on any atom is -0.489 e. The maximum absolute atomic E-state index is 12.0. The number of ether oxygens (including phenoxy) is 2. The van der Waals surface area contributed by atoms with Gasteiger partial charge >= 0.3 is 6.09 Å². The van der Waals surface area contributed by atoms with Gasteiger partial charge in [-0.2, -0.15) is 0 Å². The molecule has 0 bridgehead atoms. The third-order valence-electron chi connectivity index (χ3n) is 6.11. The van der Waals surface area contributed by atoms with E-state index in [-0.39, 0.29) is 18.8 Å². The van der Waals surface area contributed by atoms with Gasteiger partial charge in [0.1, 0.15) is 12.4 Å². The molecule has 4 rings (SSSR count). The van der Waals surface area contributed by atoms with Crippen LogP contribution in [0.5, 0.6) is 5.75 Å². The number of hydrogen-bond acceptors (Lipinski definition) is 5. The summed E-state index contributed by atoms with van der Waals surface area (Å²) in [4.78, 5) is 17.7. The van der Waals surface area contributed by atoms with Crippen LogP contribution < -0.4 is 10.1 Å². The highest BCUT2D eigenvalue weighted by molar-refractivity contribution is 7.19. The van der Waals surface area contributed by atoms with Crippen LogP contribution in [0.4, 0.5) is 4.79 Å². The summed E-state index contributed by atoms with van der Waals surface area (Å²) in [5.41, 5.74) is 2.56. The highest BCUT2D eigenvalue weighted by atomic mass is 35.5. The average molecular weight is 463 g/mol. The number of nitrogens with one attached hydrogen (secondary N) is 1. The van der Waals surface area contributed by atoms with Gasteiger partial charge in [-0.15, -0.1) is 11.3 Å². The minimum atomic E-state index is -0.386. The smallest absolute Gasteiger partial charge is 0.407 e. The van der Waals surface area contributed by atoms with Crippen LogP contribution in [0.2, 0.25) is 4.34 Å². The Labute approximate surface area is 193 Å². The van der Waals surface area contributed by atoms with Crippen molar-refractivity contribution in [3.63, 3.8) is 0 Å². The van der Waals surface area contributed by atoms with Crippen molar-refractivity contribution < 1.29 is 14.3 Å². The number of hydrogen-bond donors (Lipinski definition) is 1. The molecule has 168 valence electrons. The third-order valence-corrected chi connectivity index (χ3v) is 7.44. The Morgan fingerprint density at radius 1 is 1.29 bits per heavy atom. The van der Waals surface area contributed by atoms with Gasteiger partial charge in [-0.1, -0.05) is 37.8 Å². The van der Waals surface area contributed by atoms with E-state index in [2.05, 4.69) is 12.2 Å². The van der Waals surface area contributed by atoms with Crippen molar-refractivity contribution in [1.29, 1.82) is 0 Å². The van der Waals surface area contributed by atoms with E-state index in [0.717, 1.165) is 52.8 Å². The number of nitrogens with zero attached hydrogens (tertiary/aromatic N) is 1. The van der Waals surface area contributed by atoms with Crippen molar-refractivity contribution in [2.24, 2.45) is 11.8 Å². The van der Waals surface area contributed by atoms with Gasteiger partial charge < -0.3 is 14.8 Å². The number of amides is 1. The molecule has 2 atom stereocenters. The van der Waals surface area contributed by atoms with E-state index in [4.69, 9.17) is 26.1 Å². The van der Waals surface area contributed by atoms with E-state index in [1.54, 1.807) is 0 Å². The number of alkyl carbamates (subject to hydrolysis) is 1. The van der Waals surface area contributed by atoms with E-state index >= 15 is 0 Å². The topological polar surface area (TPSA) is 60.5 Å². The molecule has 2 fully saturated rings. The monoisotopic (exact) mass is 462 g/mol. The molecule has 2 aromatic heterocycles. The van der Waals surface area contributed by atoms with E-state index in [1.165, 1.54) is 37.0 Å². The molecule has 0 aromatic carbocycles. The average Bonchev–Trinajstić information content (AvgIpc) is 3.48. The van der Waals surface area contributed by atoms with Crippen molar-refractivity contribution in [1.82, 2.24) is 10.3 Å². The predicted molar refractivity (Wildman–Crippen MR) is 125 cm³/mol. The molecule has 0 saturated heterocycles. The molecule has 2 aliphatic carbocycles. The van der Waals surface area contributed by atoms with Gasteiger partial charge in [0.15, 0.2) is 0 Å². The Morgan fingerprint density at radius 3 is 2.87 bits per heavy atom. The first-order valence-corrected chi connectivity index (χ1v) is 12.5. The summed E-state index contributed by atoms with van der Waals surface area (Å²) in [5, 5.41) is 2.83. The number of pyridine rings is 1. The molecule has 0 spiro atoms. The SMILES string of the molecule is Cc1nc(-c2sc(Cl)cc2COC(=O)NCCC2CC2)ccc1O[C@H]1CCC[C@H](C)C1. The van der Waals surface area contributed by atoms with E-state index in [1.807, 2.05) is 25.1 Å². The van der Waals surface area contributed by atoms with Crippen LogP contribution in [-0.4, -0.2) is 23.7 Å². The van der Waals surface area contributed by atoms with Crippen molar-refractivity contribution in [3.8, 4) is 16.3 Å². The Hall–Kier alpha value is -1.79. The molecule has 1 N–H and O–H groups in total. The lowest BCUT2D eigenvalue weighted by molar-refractivity contribution is 0.128. The van der Waals surface area contributed by atoms with Gasteiger partial charge in [0.25, 0.3) is 0 Å². The summed E-state index contributed by atoms with van der Waals surface area (Å²) in [5.74, 6) is 2.34.